The summed E-state index contributed by atoms with van der Waals surface area (Å²) in [7, 11) is -4.00. The molecule has 0 aliphatic carbocycles. The van der Waals surface area contributed by atoms with Crippen LogP contribution >= 0.6 is 0 Å². The molecule has 9 nitrogen and oxygen atoms in total. The Balaban J connectivity index is 1.62. The number of halogens is 2. The average molecular weight is 461 g/mol. The summed E-state index contributed by atoms with van der Waals surface area (Å²) in [5.41, 5.74) is -0.312. The maximum absolute atomic E-state index is 15.5. The molecule has 12 heteroatoms. The molecule has 172 valence electrons. The molecule has 3 aliphatic heterocycles. The third kappa shape index (κ3) is 4.27. The smallest absolute Gasteiger partial charge is 0.409 e. The molecule has 2 saturated heterocycles. The highest BCUT2D eigenvalue weighted by molar-refractivity contribution is 7.91. The van der Waals surface area contributed by atoms with E-state index in [1.165, 1.54) is 14.7 Å². The van der Waals surface area contributed by atoms with Gasteiger partial charge in [0.15, 0.2) is 21.5 Å². The number of aromatic nitrogens is 1. The molecule has 0 unspecified atom stereocenters. The number of amides is 1. The Morgan fingerprint density at radius 3 is 2.61 bits per heavy atom. The molecule has 1 atom stereocenters. The summed E-state index contributed by atoms with van der Waals surface area (Å²) in [4.78, 5) is 19.5. The van der Waals surface area contributed by atoms with Crippen LogP contribution in [0.3, 0.4) is 0 Å². The molecule has 1 aromatic heterocycles. The summed E-state index contributed by atoms with van der Waals surface area (Å²) in [5.74, 6) is -2.70. The van der Waals surface area contributed by atoms with Gasteiger partial charge in [-0.3, -0.25) is 0 Å². The molecular formula is C19H26F2N4O5S. The number of nitrogens with zero attached hydrogens (tertiary/aromatic N) is 4. The highest BCUT2D eigenvalue weighted by Crippen LogP contribution is 2.38. The molecule has 1 aromatic rings. The standard InChI is InChI=1S/C19H26F2N4O5S/c1-2-29-19(26)24-7-5-23(6-8-24)18-14(20)16-15(17(21)22-18)25(9-11-31(16,27)28)12-13-4-3-10-30-13/h13H,2-12H2,1H3/t13-/m1/s1. The number of carbonyl (C=O) groups is 1. The van der Waals surface area contributed by atoms with Crippen molar-refractivity contribution in [2.24, 2.45) is 0 Å². The van der Waals surface area contributed by atoms with E-state index in [9.17, 15) is 13.2 Å². The lowest BCUT2D eigenvalue weighted by molar-refractivity contribution is 0.105. The summed E-state index contributed by atoms with van der Waals surface area (Å²) >= 11 is 0. The number of carbonyl (C=O) groups excluding carboxylic acids is 1. The Labute approximate surface area is 179 Å². The van der Waals surface area contributed by atoms with Crippen LogP contribution < -0.4 is 9.80 Å². The van der Waals surface area contributed by atoms with E-state index in [1.54, 1.807) is 6.92 Å². The van der Waals surface area contributed by atoms with Gasteiger partial charge in [-0.05, 0) is 19.8 Å². The van der Waals surface area contributed by atoms with Gasteiger partial charge in [0.25, 0.3) is 0 Å². The summed E-state index contributed by atoms with van der Waals surface area (Å²) in [5, 5.41) is 0. The second-order valence-electron chi connectivity index (χ2n) is 7.79. The molecule has 4 heterocycles. The molecule has 0 aromatic carbocycles. The van der Waals surface area contributed by atoms with Crippen LogP contribution in [-0.4, -0.2) is 88.7 Å². The minimum absolute atomic E-state index is 0.0603. The Hall–Kier alpha value is -2.21. The Kier molecular flexibility index (Phi) is 6.20. The summed E-state index contributed by atoms with van der Waals surface area (Å²) in [6.45, 7) is 3.73. The van der Waals surface area contributed by atoms with Gasteiger partial charge in [0.05, 0.1) is 18.5 Å². The van der Waals surface area contributed by atoms with Crippen molar-refractivity contribution < 1.29 is 31.5 Å². The van der Waals surface area contributed by atoms with Crippen LogP contribution in [0.25, 0.3) is 0 Å². The Bertz CT molecular complexity index is 947. The van der Waals surface area contributed by atoms with E-state index < -0.39 is 32.6 Å². The van der Waals surface area contributed by atoms with E-state index in [-0.39, 0.29) is 69.2 Å². The molecule has 0 spiro atoms. The van der Waals surface area contributed by atoms with Crippen LogP contribution in [0.5, 0.6) is 0 Å². The van der Waals surface area contributed by atoms with Crippen molar-refractivity contribution in [1.82, 2.24) is 9.88 Å². The number of hydrogen-bond acceptors (Lipinski definition) is 8. The van der Waals surface area contributed by atoms with Gasteiger partial charge in [-0.1, -0.05) is 0 Å². The lowest BCUT2D eigenvalue weighted by atomic mass is 10.2. The van der Waals surface area contributed by atoms with Crippen molar-refractivity contribution >= 4 is 27.4 Å². The molecule has 2 fully saturated rings. The molecule has 31 heavy (non-hydrogen) atoms. The van der Waals surface area contributed by atoms with Crippen molar-refractivity contribution in [3.05, 3.63) is 11.8 Å². The first-order valence-corrected chi connectivity index (χ1v) is 12.1. The van der Waals surface area contributed by atoms with E-state index in [0.29, 0.717) is 6.61 Å². The van der Waals surface area contributed by atoms with Gasteiger partial charge in [0.1, 0.15) is 10.6 Å². The lowest BCUT2D eigenvalue weighted by Gasteiger charge is -2.37. The molecule has 4 rings (SSSR count). The zero-order valence-electron chi connectivity index (χ0n) is 17.3. The molecule has 0 N–H and O–H groups in total. The minimum atomic E-state index is -4.00. The number of piperazine rings is 1. The van der Waals surface area contributed by atoms with Crippen LogP contribution in [0.2, 0.25) is 0 Å². The Morgan fingerprint density at radius 1 is 1.23 bits per heavy atom. The number of hydrogen-bond donors (Lipinski definition) is 0. The third-order valence-corrected chi connectivity index (χ3v) is 7.54. The predicted octanol–water partition coefficient (Wildman–Crippen LogP) is 1.41. The molecule has 0 radical (unpaired) electrons. The fourth-order valence-corrected chi connectivity index (χ4v) is 5.78. The van der Waals surface area contributed by atoms with E-state index in [0.717, 1.165) is 12.8 Å². The zero-order chi connectivity index (χ0) is 22.2. The molecule has 3 aliphatic rings. The second kappa shape index (κ2) is 8.73. The van der Waals surface area contributed by atoms with Gasteiger partial charge in [0, 0.05) is 45.9 Å². The zero-order valence-corrected chi connectivity index (χ0v) is 18.2. The number of rotatable bonds is 4. The van der Waals surface area contributed by atoms with Crippen LogP contribution in [-0.2, 0) is 19.3 Å². The highest BCUT2D eigenvalue weighted by Gasteiger charge is 2.39. The topological polar surface area (TPSA) is 92.3 Å². The van der Waals surface area contributed by atoms with Crippen molar-refractivity contribution in [2.75, 3.05) is 68.0 Å². The third-order valence-electron chi connectivity index (χ3n) is 5.82. The number of ether oxygens (including phenoxy) is 2. The van der Waals surface area contributed by atoms with E-state index in [1.807, 2.05) is 0 Å². The Morgan fingerprint density at radius 2 is 1.97 bits per heavy atom. The quantitative estimate of drug-likeness (QED) is 0.623. The van der Waals surface area contributed by atoms with Gasteiger partial charge < -0.3 is 24.2 Å². The lowest BCUT2D eigenvalue weighted by Crippen LogP contribution is -2.49. The van der Waals surface area contributed by atoms with E-state index >= 15 is 8.78 Å². The molecule has 0 bridgehead atoms. The van der Waals surface area contributed by atoms with Gasteiger partial charge in [-0.15, -0.1) is 0 Å². The molecule has 0 saturated carbocycles. The number of sulfone groups is 1. The van der Waals surface area contributed by atoms with Gasteiger partial charge in [0.2, 0.25) is 5.95 Å². The SMILES string of the molecule is CCOC(=O)N1CCN(c2nc(F)c3c(c2F)S(=O)(=O)CCN3C[C@H]2CCCO2)CC1. The van der Waals surface area contributed by atoms with E-state index in [2.05, 4.69) is 4.98 Å². The molecule has 1 amide bonds. The summed E-state index contributed by atoms with van der Waals surface area (Å²) < 4.78 is 66.5. The summed E-state index contributed by atoms with van der Waals surface area (Å²) in [6.07, 6.45) is 1.06. The maximum Gasteiger partial charge on any atom is 0.409 e. The molecular weight excluding hydrogens is 434 g/mol. The average Bonchev–Trinajstić information content (AvgIpc) is 3.25. The fourth-order valence-electron chi connectivity index (χ4n) is 4.24. The van der Waals surface area contributed by atoms with Crippen LogP contribution in [0, 0.1) is 11.8 Å². The first kappa shape index (κ1) is 22.0. The first-order chi connectivity index (χ1) is 14.8. The van der Waals surface area contributed by atoms with E-state index in [4.69, 9.17) is 9.47 Å². The number of fused-ring (bicyclic) bond motifs is 1. The van der Waals surface area contributed by atoms with Crippen LogP contribution in [0.1, 0.15) is 19.8 Å². The fraction of sp³-hybridized carbons (Fsp3) is 0.684. The predicted molar refractivity (Wildman–Crippen MR) is 108 cm³/mol. The summed E-state index contributed by atoms with van der Waals surface area (Å²) in [6, 6.07) is 0. The van der Waals surface area contributed by atoms with Gasteiger partial charge >= 0.3 is 6.09 Å². The highest BCUT2D eigenvalue weighted by atomic mass is 32.2. The van der Waals surface area contributed by atoms with Crippen molar-refractivity contribution in [1.29, 1.82) is 0 Å². The van der Waals surface area contributed by atoms with Gasteiger partial charge in [-0.25, -0.2) is 17.6 Å². The van der Waals surface area contributed by atoms with Crippen LogP contribution in [0.15, 0.2) is 4.90 Å². The first-order valence-electron chi connectivity index (χ1n) is 10.5. The van der Waals surface area contributed by atoms with Crippen molar-refractivity contribution in [2.45, 2.75) is 30.8 Å². The number of pyridine rings is 1. The maximum atomic E-state index is 15.5. The van der Waals surface area contributed by atoms with Crippen molar-refractivity contribution in [3.63, 3.8) is 0 Å². The monoisotopic (exact) mass is 460 g/mol. The van der Waals surface area contributed by atoms with Crippen LogP contribution in [0.4, 0.5) is 25.1 Å². The number of anilines is 2. The second-order valence-corrected chi connectivity index (χ2v) is 9.84. The van der Waals surface area contributed by atoms with Gasteiger partial charge in [-0.2, -0.15) is 9.37 Å². The minimum Gasteiger partial charge on any atom is -0.450 e. The van der Waals surface area contributed by atoms with Crippen molar-refractivity contribution in [3.8, 4) is 0 Å². The largest absolute Gasteiger partial charge is 0.450 e. The normalized spacial score (nSPS) is 23.1.